The third kappa shape index (κ3) is 5.57. The van der Waals surface area contributed by atoms with Gasteiger partial charge in [0, 0.05) is 43.6 Å². The number of halogens is 1. The van der Waals surface area contributed by atoms with Crippen LogP contribution in [0.1, 0.15) is 36.2 Å². The van der Waals surface area contributed by atoms with Gasteiger partial charge in [0.25, 0.3) is 5.91 Å². The Morgan fingerprint density at radius 3 is 2.64 bits per heavy atom. The van der Waals surface area contributed by atoms with Crippen LogP contribution in [0.5, 0.6) is 0 Å². The zero-order valence-corrected chi connectivity index (χ0v) is 21.2. The molecule has 0 spiro atoms. The van der Waals surface area contributed by atoms with Gasteiger partial charge in [0.15, 0.2) is 0 Å². The fraction of sp³-hybridized carbons (Fsp3) is 0.423. The molecule has 2 heterocycles. The van der Waals surface area contributed by atoms with Crippen molar-refractivity contribution in [3.8, 4) is 0 Å². The van der Waals surface area contributed by atoms with Crippen molar-refractivity contribution < 1.29 is 24.2 Å². The average Bonchev–Trinajstić information content (AvgIpc) is 3.24. The summed E-state index contributed by atoms with van der Waals surface area (Å²) in [5.41, 5.74) is 2.74. The van der Waals surface area contributed by atoms with Crippen molar-refractivity contribution in [1.82, 2.24) is 10.2 Å². The molecule has 2 N–H and O–H groups in total. The highest BCUT2D eigenvalue weighted by Gasteiger charge is 2.32. The number of hydrogen-bond donors (Lipinski definition) is 2. The van der Waals surface area contributed by atoms with Gasteiger partial charge in [0.1, 0.15) is 6.54 Å². The monoisotopic (exact) mass is 514 g/mol. The first kappa shape index (κ1) is 25.8. The number of urea groups is 1. The molecule has 0 aromatic heterocycles. The summed E-state index contributed by atoms with van der Waals surface area (Å²) in [6.45, 7) is 5.37. The molecule has 3 amide bonds. The summed E-state index contributed by atoms with van der Waals surface area (Å²) in [5, 5.41) is 12.8. The van der Waals surface area contributed by atoms with E-state index in [0.717, 1.165) is 17.8 Å². The number of amides is 3. The van der Waals surface area contributed by atoms with Gasteiger partial charge in [0.05, 0.1) is 23.3 Å². The molecular formula is C26H31ClN4O5. The van der Waals surface area contributed by atoms with E-state index in [-0.39, 0.29) is 44.3 Å². The Bertz CT molecular complexity index is 1140. The zero-order chi connectivity index (χ0) is 25.8. The third-order valence-electron chi connectivity index (χ3n) is 6.51. The molecule has 2 atom stereocenters. The van der Waals surface area contributed by atoms with Crippen LogP contribution in [0.15, 0.2) is 42.5 Å². The standard InChI is InChI=1S/C26H31ClN4O5/c1-3-36-24(33)13-28-26(35)30-15-18-6-4-5-7-23(18)31(14-17(30)2)25(34)21-9-8-19(12-22(21)27)29-11-10-20(32)16-29/h4-9,12,17,20,32H,3,10-11,13-16H2,1-2H3,(H,28,35)/t17-,20?/m1/s1. The lowest BCUT2D eigenvalue weighted by Crippen LogP contribution is -2.49. The minimum absolute atomic E-state index is 0.226. The van der Waals surface area contributed by atoms with E-state index < -0.39 is 12.0 Å². The predicted octanol–water partition coefficient (Wildman–Crippen LogP) is 3.03. The lowest BCUT2D eigenvalue weighted by molar-refractivity contribution is -0.141. The first-order valence-corrected chi connectivity index (χ1v) is 12.5. The van der Waals surface area contributed by atoms with Crippen LogP contribution in [0.3, 0.4) is 0 Å². The summed E-state index contributed by atoms with van der Waals surface area (Å²) in [6.07, 6.45) is 0.336. The number of aliphatic hydroxyl groups excluding tert-OH is 1. The van der Waals surface area contributed by atoms with Gasteiger partial charge >= 0.3 is 12.0 Å². The van der Waals surface area contributed by atoms with E-state index in [2.05, 4.69) is 5.32 Å². The number of anilines is 2. The molecule has 2 aromatic rings. The molecule has 1 unspecified atom stereocenters. The molecule has 9 nitrogen and oxygen atoms in total. The van der Waals surface area contributed by atoms with E-state index in [1.807, 2.05) is 42.2 Å². The third-order valence-corrected chi connectivity index (χ3v) is 6.82. The number of para-hydroxylation sites is 1. The lowest BCUT2D eigenvalue weighted by atomic mass is 10.1. The Balaban J connectivity index is 1.56. The molecule has 192 valence electrons. The number of nitrogens with one attached hydrogen (secondary N) is 1. The molecule has 4 rings (SSSR count). The van der Waals surface area contributed by atoms with Crippen LogP contribution >= 0.6 is 11.6 Å². The Morgan fingerprint density at radius 1 is 1.17 bits per heavy atom. The van der Waals surface area contributed by atoms with Crippen molar-refractivity contribution in [2.24, 2.45) is 0 Å². The number of hydrogen-bond acceptors (Lipinski definition) is 6. The topological polar surface area (TPSA) is 102 Å². The normalized spacial score (nSPS) is 19.5. The van der Waals surface area contributed by atoms with Gasteiger partial charge in [0.2, 0.25) is 0 Å². The molecule has 2 aliphatic heterocycles. The zero-order valence-electron chi connectivity index (χ0n) is 20.4. The number of esters is 1. The van der Waals surface area contributed by atoms with E-state index in [1.54, 1.807) is 28.9 Å². The molecule has 10 heteroatoms. The van der Waals surface area contributed by atoms with Crippen molar-refractivity contribution in [2.45, 2.75) is 39.0 Å². The molecule has 0 aliphatic carbocycles. The van der Waals surface area contributed by atoms with E-state index in [4.69, 9.17) is 16.3 Å². The van der Waals surface area contributed by atoms with Crippen LogP contribution in [-0.2, 0) is 16.1 Å². The fourth-order valence-corrected chi connectivity index (χ4v) is 4.89. The van der Waals surface area contributed by atoms with Crippen LogP contribution in [-0.4, -0.2) is 72.8 Å². The molecule has 0 radical (unpaired) electrons. The molecule has 1 saturated heterocycles. The van der Waals surface area contributed by atoms with Gasteiger partial charge in [-0.1, -0.05) is 29.8 Å². The van der Waals surface area contributed by atoms with Crippen LogP contribution in [0, 0.1) is 0 Å². The quantitative estimate of drug-likeness (QED) is 0.595. The van der Waals surface area contributed by atoms with E-state index in [0.29, 0.717) is 29.2 Å². The molecule has 2 aromatic carbocycles. The minimum atomic E-state index is -0.507. The minimum Gasteiger partial charge on any atom is -0.465 e. The number of nitrogens with zero attached hydrogens (tertiary/aromatic N) is 3. The van der Waals surface area contributed by atoms with Crippen molar-refractivity contribution >= 4 is 40.9 Å². The highest BCUT2D eigenvalue weighted by Crippen LogP contribution is 2.32. The maximum atomic E-state index is 13.7. The van der Waals surface area contributed by atoms with Gasteiger partial charge in [-0.3, -0.25) is 9.59 Å². The highest BCUT2D eigenvalue weighted by atomic mass is 35.5. The van der Waals surface area contributed by atoms with Gasteiger partial charge in [-0.15, -0.1) is 0 Å². The van der Waals surface area contributed by atoms with E-state index >= 15 is 0 Å². The Hall–Kier alpha value is -3.30. The summed E-state index contributed by atoms with van der Waals surface area (Å²) in [4.78, 5) is 43.7. The van der Waals surface area contributed by atoms with Crippen LogP contribution in [0.4, 0.5) is 16.2 Å². The summed E-state index contributed by atoms with van der Waals surface area (Å²) >= 11 is 6.58. The van der Waals surface area contributed by atoms with Gasteiger partial charge in [-0.2, -0.15) is 0 Å². The largest absolute Gasteiger partial charge is 0.465 e. The maximum Gasteiger partial charge on any atom is 0.325 e. The SMILES string of the molecule is CCOC(=O)CNC(=O)N1Cc2ccccc2N(C(=O)c2ccc(N3CCC(O)C3)cc2Cl)C[C@H]1C. The second kappa shape index (κ2) is 11.2. The Morgan fingerprint density at radius 2 is 1.94 bits per heavy atom. The van der Waals surface area contributed by atoms with E-state index in [9.17, 15) is 19.5 Å². The Labute approximate surface area is 215 Å². The van der Waals surface area contributed by atoms with Crippen LogP contribution < -0.4 is 15.1 Å². The summed E-state index contributed by atoms with van der Waals surface area (Å²) in [5.74, 6) is -0.770. The van der Waals surface area contributed by atoms with Crippen LogP contribution in [0.25, 0.3) is 0 Å². The van der Waals surface area contributed by atoms with Crippen LogP contribution in [0.2, 0.25) is 5.02 Å². The maximum absolute atomic E-state index is 13.7. The first-order valence-electron chi connectivity index (χ1n) is 12.1. The van der Waals surface area contributed by atoms with Gasteiger partial charge < -0.3 is 29.9 Å². The second-order valence-corrected chi connectivity index (χ2v) is 9.44. The molecule has 0 saturated carbocycles. The number of benzene rings is 2. The number of β-amino-alcohol motifs (C(OH)–C–C–N with tert-alkyl or cyclic N) is 1. The molecular weight excluding hydrogens is 484 g/mol. The smallest absolute Gasteiger partial charge is 0.325 e. The van der Waals surface area contributed by atoms with Crippen molar-refractivity contribution in [1.29, 1.82) is 0 Å². The summed E-state index contributed by atoms with van der Waals surface area (Å²) < 4.78 is 4.89. The number of ether oxygens (including phenoxy) is 1. The number of rotatable bonds is 5. The summed E-state index contributed by atoms with van der Waals surface area (Å²) in [7, 11) is 0. The second-order valence-electron chi connectivity index (χ2n) is 9.04. The number of aliphatic hydroxyl groups is 1. The van der Waals surface area contributed by atoms with Crippen molar-refractivity contribution in [3.63, 3.8) is 0 Å². The first-order chi connectivity index (χ1) is 17.3. The van der Waals surface area contributed by atoms with E-state index in [1.165, 1.54) is 0 Å². The lowest BCUT2D eigenvalue weighted by Gasteiger charge is -2.29. The number of carbonyl (C=O) groups excluding carboxylic acids is 3. The van der Waals surface area contributed by atoms with Gasteiger partial charge in [-0.25, -0.2) is 4.79 Å². The van der Waals surface area contributed by atoms with Gasteiger partial charge in [-0.05, 0) is 50.1 Å². The molecule has 36 heavy (non-hydrogen) atoms. The Kier molecular flexibility index (Phi) is 8.01. The van der Waals surface area contributed by atoms with Crippen molar-refractivity contribution in [2.75, 3.05) is 42.6 Å². The fourth-order valence-electron chi connectivity index (χ4n) is 4.63. The molecule has 0 bridgehead atoms. The number of fused-ring (bicyclic) bond motifs is 1. The summed E-state index contributed by atoms with van der Waals surface area (Å²) in [6, 6.07) is 12.0. The van der Waals surface area contributed by atoms with Crippen molar-refractivity contribution in [3.05, 3.63) is 58.6 Å². The number of carbonyl (C=O) groups is 3. The highest BCUT2D eigenvalue weighted by molar-refractivity contribution is 6.35. The molecule has 2 aliphatic rings. The average molecular weight is 515 g/mol. The predicted molar refractivity (Wildman–Crippen MR) is 137 cm³/mol. The molecule has 1 fully saturated rings.